The van der Waals surface area contributed by atoms with Gasteiger partial charge in [-0.2, -0.15) is 0 Å². The second-order valence-electron chi connectivity index (χ2n) is 5.34. The first-order chi connectivity index (χ1) is 10.6. The summed E-state index contributed by atoms with van der Waals surface area (Å²) in [7, 11) is 3.99. The van der Waals surface area contributed by atoms with E-state index in [1.807, 2.05) is 85.4 Å². The van der Waals surface area contributed by atoms with Gasteiger partial charge in [-0.25, -0.2) is 0 Å². The van der Waals surface area contributed by atoms with Crippen molar-refractivity contribution in [1.29, 1.82) is 0 Å². The van der Waals surface area contributed by atoms with Crippen molar-refractivity contribution in [3.8, 4) is 0 Å². The molecule has 0 radical (unpaired) electrons. The maximum atomic E-state index is 12.2. The molecule has 0 spiro atoms. The molecule has 0 bridgehead atoms. The van der Waals surface area contributed by atoms with E-state index in [1.165, 1.54) is 0 Å². The van der Waals surface area contributed by atoms with Crippen molar-refractivity contribution in [2.75, 3.05) is 42.3 Å². The lowest BCUT2D eigenvalue weighted by molar-refractivity contribution is -0.115. The molecule has 4 heteroatoms. The fraction of sp³-hybridized carbons (Fsp3) is 0.278. The third-order valence-electron chi connectivity index (χ3n) is 3.50. The summed E-state index contributed by atoms with van der Waals surface area (Å²) in [6, 6.07) is 17.8. The molecule has 2 aromatic rings. The number of anilines is 3. The minimum atomic E-state index is -0.0108. The highest BCUT2D eigenvalue weighted by atomic mass is 16.2. The van der Waals surface area contributed by atoms with Gasteiger partial charge in [-0.05, 0) is 43.3 Å². The molecule has 1 amide bonds. The predicted octanol–water partition coefficient (Wildman–Crippen LogP) is 3.22. The largest absolute Gasteiger partial charge is 0.378 e. The number of carbonyl (C=O) groups excluding carboxylic acids is 1. The van der Waals surface area contributed by atoms with Crippen molar-refractivity contribution in [3.05, 3.63) is 54.6 Å². The van der Waals surface area contributed by atoms with E-state index in [9.17, 15) is 4.79 Å². The Balaban J connectivity index is 1.97. The van der Waals surface area contributed by atoms with Crippen LogP contribution in [0, 0.1) is 0 Å². The first-order valence-corrected chi connectivity index (χ1v) is 7.47. The van der Waals surface area contributed by atoms with E-state index < -0.39 is 0 Å². The number of para-hydroxylation sites is 1. The van der Waals surface area contributed by atoms with Crippen LogP contribution in [-0.4, -0.2) is 33.1 Å². The Labute approximate surface area is 132 Å². The number of likely N-dealkylation sites (N-methyl/N-ethyl adjacent to an activating group) is 1. The molecule has 0 saturated carbocycles. The molecule has 22 heavy (non-hydrogen) atoms. The smallest absolute Gasteiger partial charge is 0.243 e. The highest BCUT2D eigenvalue weighted by Gasteiger charge is 2.10. The van der Waals surface area contributed by atoms with Crippen LogP contribution in [0.25, 0.3) is 0 Å². The van der Waals surface area contributed by atoms with Crippen LogP contribution in [0.5, 0.6) is 0 Å². The van der Waals surface area contributed by atoms with E-state index in [4.69, 9.17) is 0 Å². The average molecular weight is 297 g/mol. The standard InChI is InChI=1S/C18H23N3O/c1-4-21(17-8-6-5-7-9-17)14-18(22)19-15-10-12-16(13-11-15)20(2)3/h5-13H,4,14H2,1-3H3,(H,19,22). The Morgan fingerprint density at radius 1 is 0.955 bits per heavy atom. The minimum Gasteiger partial charge on any atom is -0.378 e. The minimum absolute atomic E-state index is 0.0108. The molecule has 4 nitrogen and oxygen atoms in total. The van der Waals surface area contributed by atoms with Crippen LogP contribution in [0.3, 0.4) is 0 Å². The van der Waals surface area contributed by atoms with Crippen molar-refractivity contribution in [1.82, 2.24) is 0 Å². The molecule has 0 aliphatic carbocycles. The molecule has 2 rings (SSSR count). The summed E-state index contributed by atoms with van der Waals surface area (Å²) in [4.78, 5) is 16.3. The SMILES string of the molecule is CCN(CC(=O)Nc1ccc(N(C)C)cc1)c1ccccc1. The van der Waals surface area contributed by atoms with Gasteiger partial charge in [0.25, 0.3) is 0 Å². The molecular formula is C18H23N3O. The van der Waals surface area contributed by atoms with Gasteiger partial charge in [-0.1, -0.05) is 18.2 Å². The maximum Gasteiger partial charge on any atom is 0.243 e. The van der Waals surface area contributed by atoms with Crippen LogP contribution in [0.2, 0.25) is 0 Å². The summed E-state index contributed by atoms with van der Waals surface area (Å²) in [5.41, 5.74) is 2.99. The Hall–Kier alpha value is -2.49. The van der Waals surface area contributed by atoms with E-state index in [0.717, 1.165) is 23.6 Å². The zero-order chi connectivity index (χ0) is 15.9. The Morgan fingerprint density at radius 3 is 2.14 bits per heavy atom. The van der Waals surface area contributed by atoms with Crippen molar-refractivity contribution >= 4 is 23.0 Å². The first kappa shape index (κ1) is 15.9. The van der Waals surface area contributed by atoms with Crippen molar-refractivity contribution in [2.45, 2.75) is 6.92 Å². The number of nitrogens with one attached hydrogen (secondary N) is 1. The topological polar surface area (TPSA) is 35.6 Å². The lowest BCUT2D eigenvalue weighted by Crippen LogP contribution is -2.33. The normalized spacial score (nSPS) is 10.1. The van der Waals surface area contributed by atoms with Crippen LogP contribution in [-0.2, 0) is 4.79 Å². The van der Waals surface area contributed by atoms with Gasteiger partial charge in [-0.3, -0.25) is 4.79 Å². The Morgan fingerprint density at radius 2 is 1.59 bits per heavy atom. The molecule has 0 aliphatic rings. The zero-order valence-corrected chi connectivity index (χ0v) is 13.4. The molecule has 0 unspecified atom stereocenters. The number of rotatable bonds is 6. The fourth-order valence-corrected chi connectivity index (χ4v) is 2.24. The maximum absolute atomic E-state index is 12.2. The molecule has 0 atom stereocenters. The van der Waals surface area contributed by atoms with E-state index in [-0.39, 0.29) is 5.91 Å². The quantitative estimate of drug-likeness (QED) is 0.889. The van der Waals surface area contributed by atoms with Crippen molar-refractivity contribution < 1.29 is 4.79 Å². The fourth-order valence-electron chi connectivity index (χ4n) is 2.24. The summed E-state index contributed by atoms with van der Waals surface area (Å²) in [5.74, 6) is -0.0108. The van der Waals surface area contributed by atoms with Crippen LogP contribution in [0.1, 0.15) is 6.92 Å². The highest BCUT2D eigenvalue weighted by Crippen LogP contribution is 2.16. The summed E-state index contributed by atoms with van der Waals surface area (Å²) in [5, 5.41) is 2.94. The van der Waals surface area contributed by atoms with Crippen molar-refractivity contribution in [3.63, 3.8) is 0 Å². The predicted molar refractivity (Wildman–Crippen MR) is 93.7 cm³/mol. The number of benzene rings is 2. The number of hydrogen-bond acceptors (Lipinski definition) is 3. The summed E-state index contributed by atoms with van der Waals surface area (Å²) in [6.45, 7) is 3.18. The van der Waals surface area contributed by atoms with Gasteiger partial charge in [0, 0.05) is 37.7 Å². The first-order valence-electron chi connectivity index (χ1n) is 7.47. The van der Waals surface area contributed by atoms with Crippen LogP contribution < -0.4 is 15.1 Å². The molecule has 0 aliphatic heterocycles. The van der Waals surface area contributed by atoms with Crippen molar-refractivity contribution in [2.24, 2.45) is 0 Å². The van der Waals surface area contributed by atoms with Gasteiger partial charge in [0.2, 0.25) is 5.91 Å². The highest BCUT2D eigenvalue weighted by molar-refractivity contribution is 5.94. The zero-order valence-electron chi connectivity index (χ0n) is 13.4. The molecule has 0 heterocycles. The third kappa shape index (κ3) is 4.25. The lowest BCUT2D eigenvalue weighted by Gasteiger charge is -2.22. The van der Waals surface area contributed by atoms with Crippen LogP contribution in [0.4, 0.5) is 17.1 Å². The molecule has 116 valence electrons. The number of hydrogen-bond donors (Lipinski definition) is 1. The second-order valence-corrected chi connectivity index (χ2v) is 5.34. The van der Waals surface area contributed by atoms with Gasteiger partial charge in [0.05, 0.1) is 6.54 Å². The van der Waals surface area contributed by atoms with Gasteiger partial charge in [0.15, 0.2) is 0 Å². The summed E-state index contributed by atoms with van der Waals surface area (Å²) >= 11 is 0. The number of amides is 1. The van der Waals surface area contributed by atoms with Gasteiger partial charge < -0.3 is 15.1 Å². The Bertz CT molecular complexity index is 593. The van der Waals surface area contributed by atoms with Gasteiger partial charge >= 0.3 is 0 Å². The van der Waals surface area contributed by atoms with Crippen LogP contribution in [0.15, 0.2) is 54.6 Å². The van der Waals surface area contributed by atoms with Gasteiger partial charge in [0.1, 0.15) is 0 Å². The van der Waals surface area contributed by atoms with E-state index >= 15 is 0 Å². The average Bonchev–Trinajstić information content (AvgIpc) is 2.54. The van der Waals surface area contributed by atoms with Gasteiger partial charge in [-0.15, -0.1) is 0 Å². The van der Waals surface area contributed by atoms with Crippen LogP contribution >= 0.6 is 0 Å². The molecule has 1 N–H and O–H groups in total. The molecule has 2 aromatic carbocycles. The van der Waals surface area contributed by atoms with E-state index in [1.54, 1.807) is 0 Å². The third-order valence-corrected chi connectivity index (χ3v) is 3.50. The number of carbonyl (C=O) groups is 1. The molecular weight excluding hydrogens is 274 g/mol. The summed E-state index contributed by atoms with van der Waals surface area (Å²) in [6.07, 6.45) is 0. The second kappa shape index (κ2) is 7.50. The monoisotopic (exact) mass is 297 g/mol. The lowest BCUT2D eigenvalue weighted by atomic mass is 10.2. The Kier molecular flexibility index (Phi) is 5.42. The molecule has 0 aromatic heterocycles. The molecule has 0 fully saturated rings. The molecule has 0 saturated heterocycles. The number of nitrogens with zero attached hydrogens (tertiary/aromatic N) is 2. The van der Waals surface area contributed by atoms with E-state index in [2.05, 4.69) is 5.32 Å². The summed E-state index contributed by atoms with van der Waals surface area (Å²) < 4.78 is 0. The van der Waals surface area contributed by atoms with E-state index in [0.29, 0.717) is 6.54 Å².